The summed E-state index contributed by atoms with van der Waals surface area (Å²) in [5.74, 6) is 1.50. The number of fused-ring (bicyclic) bond motifs is 2. The molecule has 2 aromatic carbocycles. The summed E-state index contributed by atoms with van der Waals surface area (Å²) in [6.45, 7) is 3.59. The van der Waals surface area contributed by atoms with E-state index in [1.165, 1.54) is 46.6 Å². The van der Waals surface area contributed by atoms with Gasteiger partial charge in [0.15, 0.2) is 12.2 Å². The topological polar surface area (TPSA) is 25.9 Å². The van der Waals surface area contributed by atoms with E-state index < -0.39 is 0 Å². The molecule has 5 rings (SSSR count). The van der Waals surface area contributed by atoms with Crippen LogP contribution in [0.25, 0.3) is 11.3 Å². The molecule has 0 atom stereocenters. The van der Waals surface area contributed by atoms with Crippen molar-refractivity contribution in [2.45, 2.75) is 58.5 Å². The summed E-state index contributed by atoms with van der Waals surface area (Å²) in [6.07, 6.45) is 9.16. The molecule has 0 fully saturated rings. The van der Waals surface area contributed by atoms with Gasteiger partial charge in [0, 0.05) is 11.1 Å². The van der Waals surface area contributed by atoms with Crippen molar-refractivity contribution < 1.29 is 26.3 Å². The van der Waals surface area contributed by atoms with Gasteiger partial charge in [0.1, 0.15) is 6.20 Å². The van der Waals surface area contributed by atoms with E-state index in [9.17, 15) is 4.79 Å². The summed E-state index contributed by atoms with van der Waals surface area (Å²) in [7, 11) is 0. The maximum absolute atomic E-state index is 13.1. The van der Waals surface area contributed by atoms with Crippen molar-refractivity contribution in [1.82, 2.24) is 4.57 Å². The maximum atomic E-state index is 13.1. The van der Waals surface area contributed by atoms with Crippen LogP contribution in [-0.4, -0.2) is 10.4 Å². The Hall–Kier alpha value is -2.20. The number of hydrogen-bond donors (Lipinski definition) is 0. The van der Waals surface area contributed by atoms with Gasteiger partial charge < -0.3 is 17.0 Å². The third-order valence-corrected chi connectivity index (χ3v) is 6.33. The van der Waals surface area contributed by atoms with Crippen LogP contribution >= 0.6 is 0 Å². The van der Waals surface area contributed by atoms with Gasteiger partial charge in [-0.1, -0.05) is 42.0 Å². The molecule has 1 aliphatic heterocycles. The Labute approximate surface area is 183 Å². The second-order valence-electron chi connectivity index (χ2n) is 8.29. The first-order valence-electron chi connectivity index (χ1n) is 10.5. The lowest BCUT2D eigenvalue weighted by molar-refractivity contribution is -0.689. The lowest BCUT2D eigenvalue weighted by Crippen LogP contribution is -3.00. The highest BCUT2D eigenvalue weighted by Crippen LogP contribution is 2.26. The fourth-order valence-corrected chi connectivity index (χ4v) is 4.75. The molecule has 0 radical (unpaired) electrons. The van der Waals surface area contributed by atoms with Gasteiger partial charge in [-0.15, -0.1) is 0 Å². The summed E-state index contributed by atoms with van der Waals surface area (Å²) in [5, 5.41) is 0. The van der Waals surface area contributed by atoms with E-state index in [-0.39, 0.29) is 22.8 Å². The van der Waals surface area contributed by atoms with E-state index in [0.29, 0.717) is 6.54 Å². The average Bonchev–Trinajstić information content (AvgIpc) is 3.32. The standard InChI is InChI=1S/C25H27N2O.BrH/c1-18-8-10-20(11-9-18)23-16-26(25-7-4-14-27(23)25)17-24(28)22-13-12-19-5-2-3-6-21(19)15-22;/h8-13,15-16H,2-7,14,17H2,1H3;1H/q+1;/p-1. The van der Waals surface area contributed by atoms with Crippen LogP contribution in [0, 0.1) is 6.92 Å². The number of carbonyl (C=O) groups excluding carboxylic acids is 1. The average molecular weight is 451 g/mol. The van der Waals surface area contributed by atoms with Gasteiger partial charge in [0.05, 0.1) is 13.0 Å². The van der Waals surface area contributed by atoms with Crippen molar-refractivity contribution in [2.75, 3.05) is 0 Å². The molecule has 0 bridgehead atoms. The molecule has 3 nitrogen and oxygen atoms in total. The van der Waals surface area contributed by atoms with Crippen LogP contribution in [0.15, 0.2) is 48.7 Å². The minimum absolute atomic E-state index is 0. The molecule has 29 heavy (non-hydrogen) atoms. The number of benzene rings is 2. The van der Waals surface area contributed by atoms with E-state index in [1.54, 1.807) is 0 Å². The first-order valence-corrected chi connectivity index (χ1v) is 10.5. The van der Waals surface area contributed by atoms with E-state index >= 15 is 0 Å². The Balaban J connectivity index is 0.00000205. The van der Waals surface area contributed by atoms with Gasteiger partial charge in [-0.05, 0) is 56.2 Å². The molecular weight excluding hydrogens is 424 g/mol. The van der Waals surface area contributed by atoms with Crippen molar-refractivity contribution in [2.24, 2.45) is 0 Å². The molecule has 4 heteroatoms. The van der Waals surface area contributed by atoms with E-state index in [1.807, 2.05) is 6.07 Å². The maximum Gasteiger partial charge on any atom is 0.257 e. The van der Waals surface area contributed by atoms with Crippen LogP contribution in [-0.2, 0) is 32.4 Å². The van der Waals surface area contributed by atoms with E-state index in [4.69, 9.17) is 0 Å². The van der Waals surface area contributed by atoms with Gasteiger partial charge in [0.2, 0.25) is 5.78 Å². The smallest absolute Gasteiger partial charge is 0.257 e. The number of rotatable bonds is 4. The number of aryl methyl sites for hydroxylation is 3. The highest BCUT2D eigenvalue weighted by molar-refractivity contribution is 5.95. The Bertz CT molecular complexity index is 1050. The Morgan fingerprint density at radius 1 is 0.966 bits per heavy atom. The minimum atomic E-state index is 0. The number of Topliss-reactive ketones (excluding diaryl/α,β-unsaturated/α-hetero) is 1. The van der Waals surface area contributed by atoms with Gasteiger partial charge >= 0.3 is 0 Å². The molecule has 0 amide bonds. The first-order chi connectivity index (χ1) is 13.7. The summed E-state index contributed by atoms with van der Waals surface area (Å²) < 4.78 is 4.58. The largest absolute Gasteiger partial charge is 1.00 e. The molecule has 150 valence electrons. The fraction of sp³-hybridized carbons (Fsp3) is 0.360. The molecule has 0 N–H and O–H groups in total. The monoisotopic (exact) mass is 450 g/mol. The zero-order valence-electron chi connectivity index (χ0n) is 17.0. The lowest BCUT2D eigenvalue weighted by Gasteiger charge is -2.16. The Morgan fingerprint density at radius 3 is 2.52 bits per heavy atom. The summed E-state index contributed by atoms with van der Waals surface area (Å²) in [5.41, 5.74) is 7.40. The highest BCUT2D eigenvalue weighted by Gasteiger charge is 2.29. The number of carbonyl (C=O) groups is 1. The van der Waals surface area contributed by atoms with Crippen LogP contribution in [0.3, 0.4) is 0 Å². The molecule has 0 spiro atoms. The zero-order chi connectivity index (χ0) is 19.1. The van der Waals surface area contributed by atoms with Crippen LogP contribution in [0.2, 0.25) is 0 Å². The minimum Gasteiger partial charge on any atom is -1.00 e. The van der Waals surface area contributed by atoms with E-state index in [0.717, 1.165) is 37.8 Å². The molecule has 3 aromatic rings. The third-order valence-electron chi connectivity index (χ3n) is 6.33. The van der Waals surface area contributed by atoms with Gasteiger partial charge in [0.25, 0.3) is 5.82 Å². The molecular formula is C25H27BrN2O. The lowest BCUT2D eigenvalue weighted by atomic mass is 9.90. The van der Waals surface area contributed by atoms with Gasteiger partial charge in [-0.2, -0.15) is 0 Å². The summed E-state index contributed by atoms with van der Waals surface area (Å²) in [6, 6.07) is 15.0. The third kappa shape index (κ3) is 3.83. The number of hydrogen-bond acceptors (Lipinski definition) is 1. The van der Waals surface area contributed by atoms with Crippen molar-refractivity contribution in [1.29, 1.82) is 0 Å². The first kappa shape index (κ1) is 20.1. The SMILES string of the molecule is Cc1ccc(-c2c[n+](CC(=O)c3ccc4c(c3)CCCC4)c3n2CCC3)cc1.[Br-]. The number of halogens is 1. The fourth-order valence-electron chi connectivity index (χ4n) is 4.75. The van der Waals surface area contributed by atoms with Crippen molar-refractivity contribution in [3.05, 3.63) is 76.7 Å². The Morgan fingerprint density at radius 2 is 1.72 bits per heavy atom. The molecule has 2 aliphatic rings. The van der Waals surface area contributed by atoms with Crippen molar-refractivity contribution in [3.8, 4) is 11.3 Å². The Kier molecular flexibility index (Phi) is 5.73. The normalized spacial score (nSPS) is 14.8. The second kappa shape index (κ2) is 8.27. The number of imidazole rings is 1. The van der Waals surface area contributed by atoms with Gasteiger partial charge in [-0.3, -0.25) is 4.79 Å². The van der Waals surface area contributed by atoms with Crippen molar-refractivity contribution in [3.63, 3.8) is 0 Å². The zero-order valence-corrected chi connectivity index (χ0v) is 18.5. The predicted octanol–water partition coefficient (Wildman–Crippen LogP) is 1.46. The summed E-state index contributed by atoms with van der Waals surface area (Å²) in [4.78, 5) is 13.1. The molecule has 0 saturated carbocycles. The van der Waals surface area contributed by atoms with Crippen LogP contribution < -0.4 is 21.5 Å². The van der Waals surface area contributed by atoms with Crippen LogP contribution in [0.5, 0.6) is 0 Å². The number of nitrogens with zero attached hydrogens (tertiary/aromatic N) is 2. The number of ketones is 1. The molecule has 2 heterocycles. The predicted molar refractivity (Wildman–Crippen MR) is 111 cm³/mol. The van der Waals surface area contributed by atoms with E-state index in [2.05, 4.69) is 58.7 Å². The van der Waals surface area contributed by atoms with Crippen LogP contribution in [0.1, 0.15) is 52.1 Å². The van der Waals surface area contributed by atoms with Gasteiger partial charge in [-0.25, -0.2) is 9.13 Å². The highest BCUT2D eigenvalue weighted by atomic mass is 79.9. The van der Waals surface area contributed by atoms with Crippen molar-refractivity contribution >= 4 is 5.78 Å². The molecule has 1 aliphatic carbocycles. The van der Waals surface area contributed by atoms with Crippen LogP contribution in [0.4, 0.5) is 0 Å². The molecule has 1 aromatic heterocycles. The second-order valence-corrected chi connectivity index (χ2v) is 8.29. The molecule has 0 saturated heterocycles. The molecule has 0 unspecified atom stereocenters. The summed E-state index contributed by atoms with van der Waals surface area (Å²) >= 11 is 0. The number of aromatic nitrogens is 2. The quantitative estimate of drug-likeness (QED) is 0.436.